The number of benzene rings is 2. The third-order valence-corrected chi connectivity index (χ3v) is 3.94. The molecule has 0 radical (unpaired) electrons. The van der Waals surface area contributed by atoms with Crippen molar-refractivity contribution in [1.29, 1.82) is 0 Å². The number of aryl methyl sites for hydroxylation is 1. The van der Waals surface area contributed by atoms with Gasteiger partial charge in [-0.2, -0.15) is 0 Å². The summed E-state index contributed by atoms with van der Waals surface area (Å²) in [7, 11) is 0. The van der Waals surface area contributed by atoms with Crippen LogP contribution in [0, 0.1) is 6.92 Å². The van der Waals surface area contributed by atoms with Gasteiger partial charge in [0.1, 0.15) is 12.3 Å². The van der Waals surface area contributed by atoms with Gasteiger partial charge in [0, 0.05) is 6.08 Å². The molecule has 0 fully saturated rings. The van der Waals surface area contributed by atoms with E-state index in [1.165, 1.54) is 11.0 Å². The van der Waals surface area contributed by atoms with Crippen molar-refractivity contribution in [2.24, 2.45) is 0 Å². The quantitative estimate of drug-likeness (QED) is 0.636. The Labute approximate surface area is 156 Å². The number of carbonyl (C=O) groups is 3. The molecule has 138 valence electrons. The number of fused-ring (bicyclic) bond motifs is 1. The van der Waals surface area contributed by atoms with Gasteiger partial charge in [-0.3, -0.25) is 30.1 Å². The van der Waals surface area contributed by atoms with Crippen molar-refractivity contribution in [3.05, 3.63) is 65.7 Å². The Morgan fingerprint density at radius 2 is 1.85 bits per heavy atom. The monoisotopic (exact) mass is 365 g/mol. The molecule has 0 unspecified atom stereocenters. The number of carbonyl (C=O) groups excluding carboxylic acids is 3. The van der Waals surface area contributed by atoms with Gasteiger partial charge < -0.3 is 4.74 Å². The predicted molar refractivity (Wildman–Crippen MR) is 101 cm³/mol. The number of ether oxygens (including phenoxy) is 1. The predicted octanol–water partition coefficient (Wildman–Crippen LogP) is 1.58. The molecule has 0 atom stereocenters. The van der Waals surface area contributed by atoms with E-state index < -0.39 is 11.8 Å². The van der Waals surface area contributed by atoms with E-state index in [9.17, 15) is 14.4 Å². The second-order valence-electron chi connectivity index (χ2n) is 6.02. The number of nitrogens with zero attached hydrogens (tertiary/aromatic N) is 1. The van der Waals surface area contributed by atoms with Crippen LogP contribution in [0.1, 0.15) is 11.1 Å². The minimum atomic E-state index is -0.517. The van der Waals surface area contributed by atoms with E-state index in [0.29, 0.717) is 11.4 Å². The van der Waals surface area contributed by atoms with Crippen LogP contribution in [0.4, 0.5) is 5.69 Å². The Bertz CT molecular complexity index is 890. The maximum atomic E-state index is 12.1. The maximum absolute atomic E-state index is 12.1. The number of anilines is 1. The van der Waals surface area contributed by atoms with Crippen LogP contribution in [0.25, 0.3) is 6.08 Å². The van der Waals surface area contributed by atoms with E-state index in [0.717, 1.165) is 11.1 Å². The number of hydrogen-bond acceptors (Lipinski definition) is 4. The molecule has 0 saturated carbocycles. The highest BCUT2D eigenvalue weighted by atomic mass is 16.5. The Balaban J connectivity index is 1.53. The first-order valence-electron chi connectivity index (χ1n) is 8.39. The zero-order valence-electron chi connectivity index (χ0n) is 14.8. The van der Waals surface area contributed by atoms with Crippen molar-refractivity contribution in [3.8, 4) is 5.75 Å². The van der Waals surface area contributed by atoms with Crippen LogP contribution in [0.5, 0.6) is 5.75 Å². The summed E-state index contributed by atoms with van der Waals surface area (Å²) in [5, 5.41) is 0. The van der Waals surface area contributed by atoms with Crippen LogP contribution in [-0.2, 0) is 14.4 Å². The maximum Gasteiger partial charge on any atom is 0.265 e. The van der Waals surface area contributed by atoms with Crippen molar-refractivity contribution in [1.82, 2.24) is 10.9 Å². The van der Waals surface area contributed by atoms with Gasteiger partial charge >= 0.3 is 0 Å². The lowest BCUT2D eigenvalue weighted by Gasteiger charge is -2.28. The molecule has 1 heterocycles. The lowest BCUT2D eigenvalue weighted by Crippen LogP contribution is -2.49. The molecular formula is C20H19N3O4. The summed E-state index contributed by atoms with van der Waals surface area (Å²) in [6.45, 7) is 1.63. The lowest BCUT2D eigenvalue weighted by atomic mass is 10.1. The van der Waals surface area contributed by atoms with Crippen LogP contribution in [0.3, 0.4) is 0 Å². The van der Waals surface area contributed by atoms with Gasteiger partial charge in [0.2, 0.25) is 0 Å². The molecule has 7 heteroatoms. The molecule has 27 heavy (non-hydrogen) atoms. The minimum absolute atomic E-state index is 0.129. The molecule has 3 amide bonds. The van der Waals surface area contributed by atoms with E-state index in [1.54, 1.807) is 30.3 Å². The van der Waals surface area contributed by atoms with Crippen molar-refractivity contribution < 1.29 is 19.1 Å². The zero-order valence-corrected chi connectivity index (χ0v) is 14.8. The van der Waals surface area contributed by atoms with E-state index in [1.807, 2.05) is 31.2 Å². The summed E-state index contributed by atoms with van der Waals surface area (Å²) >= 11 is 0. The van der Waals surface area contributed by atoms with E-state index >= 15 is 0 Å². The van der Waals surface area contributed by atoms with E-state index in [-0.39, 0.29) is 19.1 Å². The third-order valence-electron chi connectivity index (χ3n) is 3.94. The third kappa shape index (κ3) is 4.72. The molecule has 0 aromatic heterocycles. The Morgan fingerprint density at radius 3 is 2.63 bits per heavy atom. The van der Waals surface area contributed by atoms with E-state index in [4.69, 9.17) is 4.74 Å². The first-order chi connectivity index (χ1) is 13.0. The second kappa shape index (κ2) is 8.18. The van der Waals surface area contributed by atoms with E-state index in [2.05, 4.69) is 10.9 Å². The summed E-state index contributed by atoms with van der Waals surface area (Å²) < 4.78 is 5.33. The van der Waals surface area contributed by atoms with Gasteiger partial charge in [-0.25, -0.2) is 0 Å². The van der Waals surface area contributed by atoms with Gasteiger partial charge in [-0.15, -0.1) is 0 Å². The summed E-state index contributed by atoms with van der Waals surface area (Å²) in [6.07, 6.45) is 2.96. The second-order valence-corrected chi connectivity index (χ2v) is 6.02. The molecule has 3 rings (SSSR count). The number of para-hydroxylation sites is 2. The number of hydrogen-bond donors (Lipinski definition) is 2. The van der Waals surface area contributed by atoms with Crippen molar-refractivity contribution >= 4 is 29.5 Å². The smallest absolute Gasteiger partial charge is 0.265 e. The van der Waals surface area contributed by atoms with Gasteiger partial charge in [0.05, 0.1) is 5.69 Å². The Morgan fingerprint density at radius 1 is 1.11 bits per heavy atom. The molecule has 1 aliphatic rings. The topological polar surface area (TPSA) is 87.7 Å². The summed E-state index contributed by atoms with van der Waals surface area (Å²) in [4.78, 5) is 37.3. The fraction of sp³-hybridized carbons (Fsp3) is 0.150. The molecule has 1 aliphatic heterocycles. The fourth-order valence-corrected chi connectivity index (χ4v) is 2.53. The molecule has 0 spiro atoms. The highest BCUT2D eigenvalue weighted by Crippen LogP contribution is 2.30. The van der Waals surface area contributed by atoms with Crippen LogP contribution < -0.4 is 20.5 Å². The largest absolute Gasteiger partial charge is 0.482 e. The molecule has 0 saturated heterocycles. The van der Waals surface area contributed by atoms with Crippen molar-refractivity contribution in [2.45, 2.75) is 6.92 Å². The molecular weight excluding hydrogens is 346 g/mol. The fourth-order valence-electron chi connectivity index (χ4n) is 2.53. The molecule has 0 aliphatic carbocycles. The summed E-state index contributed by atoms with van der Waals surface area (Å²) in [5.74, 6) is -0.779. The summed E-state index contributed by atoms with van der Waals surface area (Å²) in [5.41, 5.74) is 7.12. The molecule has 2 aromatic carbocycles. The molecule has 7 nitrogen and oxygen atoms in total. The Kier molecular flexibility index (Phi) is 5.51. The highest BCUT2D eigenvalue weighted by molar-refractivity contribution is 6.02. The standard InChI is InChI=1S/C20H19N3O4/c1-14-6-8-15(9-7-14)10-11-18(24)21-22-19(25)12-23-16-4-2-3-5-17(16)27-13-20(23)26/h2-11H,12-13H2,1H3,(H,21,24)(H,22,25)/b11-10+. The normalized spacial score (nSPS) is 13.1. The lowest BCUT2D eigenvalue weighted by molar-refractivity contribution is -0.127. The van der Waals surface area contributed by atoms with Crippen molar-refractivity contribution in [3.63, 3.8) is 0 Å². The van der Waals surface area contributed by atoms with Crippen LogP contribution in [0.15, 0.2) is 54.6 Å². The summed E-state index contributed by atoms with van der Waals surface area (Å²) in [6, 6.07) is 14.6. The van der Waals surface area contributed by atoms with Gasteiger partial charge in [-0.1, -0.05) is 42.0 Å². The number of nitrogens with one attached hydrogen (secondary N) is 2. The van der Waals surface area contributed by atoms with Crippen molar-refractivity contribution in [2.75, 3.05) is 18.1 Å². The first-order valence-corrected chi connectivity index (χ1v) is 8.39. The Hall–Kier alpha value is -3.61. The SMILES string of the molecule is Cc1ccc(/C=C/C(=O)NNC(=O)CN2C(=O)COc3ccccc32)cc1. The molecule has 0 bridgehead atoms. The highest BCUT2D eigenvalue weighted by Gasteiger charge is 2.26. The number of rotatable bonds is 4. The number of hydrazine groups is 1. The number of amides is 3. The average Bonchev–Trinajstić information content (AvgIpc) is 2.68. The van der Waals surface area contributed by atoms with Crippen LogP contribution >= 0.6 is 0 Å². The minimum Gasteiger partial charge on any atom is -0.482 e. The van der Waals surface area contributed by atoms with Gasteiger partial charge in [0.25, 0.3) is 17.7 Å². The van der Waals surface area contributed by atoms with Crippen LogP contribution in [-0.4, -0.2) is 30.9 Å². The first kappa shape index (κ1) is 18.2. The van der Waals surface area contributed by atoms with Crippen LogP contribution in [0.2, 0.25) is 0 Å². The van der Waals surface area contributed by atoms with Gasteiger partial charge in [-0.05, 0) is 30.7 Å². The molecule has 2 N–H and O–H groups in total. The zero-order chi connectivity index (χ0) is 19.2. The average molecular weight is 365 g/mol. The molecule has 2 aromatic rings. The van der Waals surface area contributed by atoms with Gasteiger partial charge in [0.15, 0.2) is 6.61 Å².